The van der Waals surface area contributed by atoms with Crippen molar-refractivity contribution in [3.05, 3.63) is 34.1 Å². The molecule has 1 aromatic rings. The lowest BCUT2D eigenvalue weighted by atomic mass is 10.2. The predicted octanol–water partition coefficient (Wildman–Crippen LogP) is 3.59. The van der Waals surface area contributed by atoms with Crippen LogP contribution in [0.2, 0.25) is 0 Å². The molecule has 0 fully saturated rings. The van der Waals surface area contributed by atoms with Gasteiger partial charge < -0.3 is 15.4 Å². The van der Waals surface area contributed by atoms with Gasteiger partial charge in [0.25, 0.3) is 0 Å². The number of benzene rings is 1. The summed E-state index contributed by atoms with van der Waals surface area (Å²) in [6.07, 6.45) is 0.329. The highest BCUT2D eigenvalue weighted by atomic mass is 79.9. The zero-order valence-electron chi connectivity index (χ0n) is 12.6. The normalized spacial score (nSPS) is 11.3. The molecule has 0 saturated carbocycles. The van der Waals surface area contributed by atoms with Crippen LogP contribution in [0.15, 0.2) is 22.7 Å². The summed E-state index contributed by atoms with van der Waals surface area (Å²) < 4.78 is 19.4. The molecule has 0 aromatic heterocycles. The molecular weight excluding hydrogens is 339 g/mol. The van der Waals surface area contributed by atoms with E-state index in [1.165, 1.54) is 6.07 Å². The Morgan fingerprint density at radius 1 is 1.33 bits per heavy atom. The molecule has 2 N–H and O–H groups in total. The van der Waals surface area contributed by atoms with E-state index < -0.39 is 11.7 Å². The van der Waals surface area contributed by atoms with E-state index in [4.69, 9.17) is 4.74 Å². The van der Waals surface area contributed by atoms with Gasteiger partial charge in [0.1, 0.15) is 11.4 Å². The summed E-state index contributed by atoms with van der Waals surface area (Å²) in [5, 5.41) is 5.81. The predicted molar refractivity (Wildman–Crippen MR) is 84.7 cm³/mol. The van der Waals surface area contributed by atoms with E-state index in [0.717, 1.165) is 10.9 Å². The second-order valence-electron chi connectivity index (χ2n) is 5.69. The van der Waals surface area contributed by atoms with Crippen molar-refractivity contribution in [2.75, 3.05) is 13.1 Å². The number of hydrogen-bond donors (Lipinski definition) is 2. The molecule has 1 amide bonds. The molecule has 0 heterocycles. The van der Waals surface area contributed by atoms with Crippen LogP contribution in [0.25, 0.3) is 0 Å². The molecule has 1 aromatic carbocycles. The first-order valence-corrected chi connectivity index (χ1v) is 7.69. The third kappa shape index (κ3) is 8.02. The van der Waals surface area contributed by atoms with Crippen LogP contribution in [0.3, 0.4) is 0 Å². The van der Waals surface area contributed by atoms with Crippen molar-refractivity contribution in [1.82, 2.24) is 10.6 Å². The standard InChI is InChI=1S/C15H22BrFN2O2/c1-15(2,3)21-14(20)19-8-4-7-18-10-11-9-12(16)5-6-13(11)17/h5-6,9,18H,4,7-8,10H2,1-3H3,(H,19,20). The summed E-state index contributed by atoms with van der Waals surface area (Å²) in [7, 11) is 0. The van der Waals surface area contributed by atoms with Crippen molar-refractivity contribution < 1.29 is 13.9 Å². The number of carbonyl (C=O) groups is 1. The molecule has 0 saturated heterocycles. The molecule has 4 nitrogen and oxygen atoms in total. The molecule has 0 aliphatic carbocycles. The average molecular weight is 361 g/mol. The van der Waals surface area contributed by atoms with Crippen molar-refractivity contribution in [3.8, 4) is 0 Å². The van der Waals surface area contributed by atoms with Crippen LogP contribution < -0.4 is 10.6 Å². The zero-order valence-corrected chi connectivity index (χ0v) is 14.2. The highest BCUT2D eigenvalue weighted by Crippen LogP contribution is 2.15. The first-order valence-electron chi connectivity index (χ1n) is 6.89. The van der Waals surface area contributed by atoms with Gasteiger partial charge in [-0.05, 0) is 51.9 Å². The lowest BCUT2D eigenvalue weighted by Gasteiger charge is -2.19. The first kappa shape index (κ1) is 17.9. The Hall–Kier alpha value is -1.14. The molecule has 21 heavy (non-hydrogen) atoms. The second-order valence-corrected chi connectivity index (χ2v) is 6.61. The number of ether oxygens (including phenoxy) is 1. The van der Waals surface area contributed by atoms with Crippen molar-refractivity contribution in [3.63, 3.8) is 0 Å². The largest absolute Gasteiger partial charge is 0.444 e. The van der Waals surface area contributed by atoms with Crippen molar-refractivity contribution in [1.29, 1.82) is 0 Å². The third-order valence-electron chi connectivity index (χ3n) is 2.52. The molecular formula is C15H22BrFN2O2. The quantitative estimate of drug-likeness (QED) is 0.762. The second kappa shape index (κ2) is 8.34. The Kier molecular flexibility index (Phi) is 7.11. The van der Waals surface area contributed by atoms with Gasteiger partial charge in [-0.2, -0.15) is 0 Å². The fraction of sp³-hybridized carbons (Fsp3) is 0.533. The van der Waals surface area contributed by atoms with Gasteiger partial charge in [0.05, 0.1) is 0 Å². The number of carbonyl (C=O) groups excluding carboxylic acids is 1. The van der Waals surface area contributed by atoms with E-state index in [2.05, 4.69) is 26.6 Å². The Balaban J connectivity index is 2.15. The monoisotopic (exact) mass is 360 g/mol. The van der Waals surface area contributed by atoms with E-state index in [1.54, 1.807) is 12.1 Å². The van der Waals surface area contributed by atoms with Gasteiger partial charge in [-0.25, -0.2) is 9.18 Å². The fourth-order valence-corrected chi connectivity index (χ4v) is 2.03. The summed E-state index contributed by atoms with van der Waals surface area (Å²) in [6, 6.07) is 4.86. The Labute approximate surface area is 133 Å². The maximum atomic E-state index is 13.5. The number of amides is 1. The van der Waals surface area contributed by atoms with Crippen LogP contribution in [0.1, 0.15) is 32.8 Å². The van der Waals surface area contributed by atoms with E-state index >= 15 is 0 Å². The van der Waals surface area contributed by atoms with Crippen LogP contribution in [0, 0.1) is 5.82 Å². The van der Waals surface area contributed by atoms with Gasteiger partial charge in [-0.1, -0.05) is 15.9 Å². The average Bonchev–Trinajstić information content (AvgIpc) is 2.35. The van der Waals surface area contributed by atoms with Crippen LogP contribution in [-0.4, -0.2) is 24.8 Å². The number of nitrogens with one attached hydrogen (secondary N) is 2. The number of alkyl carbamates (subject to hydrolysis) is 1. The summed E-state index contributed by atoms with van der Waals surface area (Å²) in [6.45, 7) is 7.12. The summed E-state index contributed by atoms with van der Waals surface area (Å²) >= 11 is 3.31. The van der Waals surface area contributed by atoms with Gasteiger partial charge in [-0.3, -0.25) is 0 Å². The van der Waals surface area contributed by atoms with Gasteiger partial charge in [0.2, 0.25) is 0 Å². The van der Waals surface area contributed by atoms with E-state index in [1.807, 2.05) is 20.8 Å². The molecule has 0 atom stereocenters. The Morgan fingerprint density at radius 3 is 2.71 bits per heavy atom. The Bertz CT molecular complexity index is 475. The minimum absolute atomic E-state index is 0.224. The van der Waals surface area contributed by atoms with Crippen LogP contribution in [-0.2, 0) is 11.3 Å². The molecule has 6 heteroatoms. The highest BCUT2D eigenvalue weighted by Gasteiger charge is 2.15. The number of hydrogen-bond acceptors (Lipinski definition) is 3. The summed E-state index contributed by atoms with van der Waals surface area (Å²) in [5.41, 5.74) is 0.130. The molecule has 0 radical (unpaired) electrons. The summed E-state index contributed by atoms with van der Waals surface area (Å²) in [5.74, 6) is -0.224. The topological polar surface area (TPSA) is 50.4 Å². The lowest BCUT2D eigenvalue weighted by molar-refractivity contribution is 0.0527. The van der Waals surface area contributed by atoms with E-state index in [-0.39, 0.29) is 5.82 Å². The zero-order chi connectivity index (χ0) is 15.9. The van der Waals surface area contributed by atoms with Gasteiger partial charge in [0, 0.05) is 23.1 Å². The molecule has 1 rings (SSSR count). The molecule has 0 unspecified atom stereocenters. The van der Waals surface area contributed by atoms with E-state index in [0.29, 0.717) is 25.2 Å². The van der Waals surface area contributed by atoms with Crippen molar-refractivity contribution in [2.45, 2.75) is 39.3 Å². The third-order valence-corrected chi connectivity index (χ3v) is 3.02. The van der Waals surface area contributed by atoms with E-state index in [9.17, 15) is 9.18 Å². The van der Waals surface area contributed by atoms with Crippen molar-refractivity contribution >= 4 is 22.0 Å². The maximum absolute atomic E-state index is 13.5. The molecule has 118 valence electrons. The smallest absolute Gasteiger partial charge is 0.407 e. The maximum Gasteiger partial charge on any atom is 0.407 e. The SMILES string of the molecule is CC(C)(C)OC(=O)NCCCNCc1cc(Br)ccc1F. The minimum Gasteiger partial charge on any atom is -0.444 e. The fourth-order valence-electron chi connectivity index (χ4n) is 1.62. The molecule has 0 aliphatic heterocycles. The summed E-state index contributed by atoms with van der Waals surface area (Å²) in [4.78, 5) is 11.4. The number of rotatable bonds is 6. The van der Waals surface area contributed by atoms with Gasteiger partial charge in [0.15, 0.2) is 0 Å². The first-order chi connectivity index (χ1) is 9.78. The molecule has 0 bridgehead atoms. The van der Waals surface area contributed by atoms with Gasteiger partial charge in [-0.15, -0.1) is 0 Å². The van der Waals surface area contributed by atoms with Gasteiger partial charge >= 0.3 is 6.09 Å². The Morgan fingerprint density at radius 2 is 2.05 bits per heavy atom. The molecule has 0 aliphatic rings. The van der Waals surface area contributed by atoms with Crippen LogP contribution in [0.5, 0.6) is 0 Å². The molecule has 0 spiro atoms. The lowest BCUT2D eigenvalue weighted by Crippen LogP contribution is -2.33. The highest BCUT2D eigenvalue weighted by molar-refractivity contribution is 9.10. The van der Waals surface area contributed by atoms with Crippen molar-refractivity contribution in [2.24, 2.45) is 0 Å². The van der Waals surface area contributed by atoms with Crippen LogP contribution in [0.4, 0.5) is 9.18 Å². The number of halogens is 2. The van der Waals surface area contributed by atoms with Crippen LogP contribution >= 0.6 is 15.9 Å². The minimum atomic E-state index is -0.486.